The molecule has 0 aromatic heterocycles. The molecule has 0 spiro atoms. The van der Waals surface area contributed by atoms with Gasteiger partial charge in [-0.05, 0) is 36.5 Å². The quantitative estimate of drug-likeness (QED) is 0.672. The van der Waals surface area contributed by atoms with Crippen LogP contribution in [-0.2, 0) is 0 Å². The van der Waals surface area contributed by atoms with Crippen LogP contribution in [0.25, 0.3) is 0 Å². The largest absolute Gasteiger partial charge is 0.370 e. The van der Waals surface area contributed by atoms with Crippen molar-refractivity contribution in [2.75, 3.05) is 24.6 Å². The molecule has 0 amide bonds. The number of rotatable bonds is 2. The maximum Gasteiger partial charge on any atom is 0.191 e. The highest BCUT2D eigenvalue weighted by Gasteiger charge is 2.30. The maximum absolute atomic E-state index is 12.9. The zero-order valence-corrected chi connectivity index (χ0v) is 12.3. The zero-order valence-electron chi connectivity index (χ0n) is 11.5. The third-order valence-corrected chi connectivity index (χ3v) is 5.05. The average Bonchev–Trinajstić information content (AvgIpc) is 2.44. The average molecular weight is 293 g/mol. The van der Waals surface area contributed by atoms with E-state index in [2.05, 4.69) is 9.89 Å². The van der Waals surface area contributed by atoms with Gasteiger partial charge in [-0.2, -0.15) is 11.8 Å². The lowest BCUT2D eigenvalue weighted by atomic mass is 9.76. The third kappa shape index (κ3) is 3.08. The first-order chi connectivity index (χ1) is 9.72. The van der Waals surface area contributed by atoms with Crippen LogP contribution in [0.1, 0.15) is 24.3 Å². The van der Waals surface area contributed by atoms with E-state index in [1.54, 1.807) is 0 Å². The fraction of sp³-hybridized carbons (Fsp3) is 0.533. The second kappa shape index (κ2) is 6.04. The molecule has 108 valence electrons. The number of nitrogens with two attached hydrogens (primary N) is 1. The maximum atomic E-state index is 12.9. The molecule has 1 aromatic carbocycles. The smallest absolute Gasteiger partial charge is 0.191 e. The Balaban J connectivity index is 1.53. The first-order valence-corrected chi connectivity index (χ1v) is 8.29. The van der Waals surface area contributed by atoms with Gasteiger partial charge in [0.05, 0.1) is 6.04 Å². The highest BCUT2D eigenvalue weighted by atomic mass is 32.2. The predicted octanol–water partition coefficient (Wildman–Crippen LogP) is 2.44. The van der Waals surface area contributed by atoms with Crippen molar-refractivity contribution in [3.8, 4) is 0 Å². The molecule has 2 N–H and O–H groups in total. The molecule has 2 aliphatic rings. The first-order valence-electron chi connectivity index (χ1n) is 7.14. The van der Waals surface area contributed by atoms with E-state index in [0.29, 0.717) is 17.9 Å². The second-order valence-corrected chi connectivity index (χ2v) is 6.69. The zero-order chi connectivity index (χ0) is 13.9. The standard InChI is InChI=1S/C15H20FN3S/c16-13-3-1-11(2-4-13)12-9-14(10-12)18-15(17)19-5-7-20-8-6-19/h1-4,12,14H,5-10H2,(H2,17,18). The topological polar surface area (TPSA) is 41.6 Å². The van der Waals surface area contributed by atoms with E-state index in [-0.39, 0.29) is 5.82 Å². The van der Waals surface area contributed by atoms with Crippen molar-refractivity contribution in [1.29, 1.82) is 0 Å². The lowest BCUT2D eigenvalue weighted by molar-refractivity contribution is 0.345. The summed E-state index contributed by atoms with van der Waals surface area (Å²) in [6, 6.07) is 7.16. The number of halogens is 1. The number of guanidine groups is 1. The molecule has 0 unspecified atom stereocenters. The van der Waals surface area contributed by atoms with Crippen molar-refractivity contribution < 1.29 is 4.39 Å². The fourth-order valence-corrected chi connectivity index (χ4v) is 3.66. The van der Waals surface area contributed by atoms with Crippen molar-refractivity contribution in [1.82, 2.24) is 4.90 Å². The number of hydrogen-bond donors (Lipinski definition) is 1. The van der Waals surface area contributed by atoms with Crippen molar-refractivity contribution in [2.45, 2.75) is 24.8 Å². The van der Waals surface area contributed by atoms with Crippen molar-refractivity contribution in [2.24, 2.45) is 10.7 Å². The van der Waals surface area contributed by atoms with E-state index < -0.39 is 0 Å². The Labute approximate surface area is 123 Å². The van der Waals surface area contributed by atoms with E-state index in [1.807, 2.05) is 23.9 Å². The van der Waals surface area contributed by atoms with Gasteiger partial charge < -0.3 is 10.6 Å². The summed E-state index contributed by atoms with van der Waals surface area (Å²) in [5, 5.41) is 0. The Morgan fingerprint density at radius 3 is 2.50 bits per heavy atom. The van der Waals surface area contributed by atoms with Crippen molar-refractivity contribution in [3.05, 3.63) is 35.6 Å². The molecule has 1 heterocycles. The molecule has 0 atom stereocenters. The van der Waals surface area contributed by atoms with Gasteiger partial charge in [-0.3, -0.25) is 0 Å². The minimum Gasteiger partial charge on any atom is -0.370 e. The molecule has 1 saturated heterocycles. The number of nitrogens with zero attached hydrogens (tertiary/aromatic N) is 2. The molecule has 1 saturated carbocycles. The lowest BCUT2D eigenvalue weighted by Crippen LogP contribution is -2.44. The highest BCUT2D eigenvalue weighted by Crippen LogP contribution is 2.38. The molecule has 3 rings (SSSR count). The number of hydrogen-bond acceptors (Lipinski definition) is 2. The van der Waals surface area contributed by atoms with Crippen molar-refractivity contribution in [3.63, 3.8) is 0 Å². The normalized spacial score (nSPS) is 27.2. The summed E-state index contributed by atoms with van der Waals surface area (Å²) in [5.74, 6) is 3.31. The van der Waals surface area contributed by atoms with E-state index in [9.17, 15) is 4.39 Å². The summed E-state index contributed by atoms with van der Waals surface area (Å²) in [4.78, 5) is 6.82. The van der Waals surface area contributed by atoms with Crippen LogP contribution in [0.15, 0.2) is 29.3 Å². The van der Waals surface area contributed by atoms with Gasteiger partial charge in [-0.1, -0.05) is 12.1 Å². The molecule has 1 aromatic rings. The number of thioether (sulfide) groups is 1. The second-order valence-electron chi connectivity index (χ2n) is 5.46. The van der Waals surface area contributed by atoms with Gasteiger partial charge in [0.15, 0.2) is 5.96 Å². The Bertz CT molecular complexity index is 476. The van der Waals surface area contributed by atoms with Gasteiger partial charge in [0, 0.05) is 24.6 Å². The van der Waals surface area contributed by atoms with E-state index in [1.165, 1.54) is 17.7 Å². The summed E-state index contributed by atoms with van der Waals surface area (Å²) >= 11 is 1.97. The van der Waals surface area contributed by atoms with Crippen LogP contribution >= 0.6 is 11.8 Å². The summed E-state index contributed by atoms with van der Waals surface area (Å²) in [5.41, 5.74) is 7.29. The van der Waals surface area contributed by atoms with Crippen LogP contribution < -0.4 is 5.73 Å². The molecule has 0 bridgehead atoms. The van der Waals surface area contributed by atoms with Gasteiger partial charge in [0.25, 0.3) is 0 Å². The SMILES string of the molecule is NC(=NC1CC(c2ccc(F)cc2)C1)N1CCSCC1. The van der Waals surface area contributed by atoms with Crippen LogP contribution in [-0.4, -0.2) is 41.5 Å². The summed E-state index contributed by atoms with van der Waals surface area (Å²) < 4.78 is 12.9. The van der Waals surface area contributed by atoms with Gasteiger partial charge in [-0.15, -0.1) is 0 Å². The molecule has 2 fully saturated rings. The van der Waals surface area contributed by atoms with Crippen LogP contribution in [0.5, 0.6) is 0 Å². The first kappa shape index (κ1) is 13.7. The van der Waals surface area contributed by atoms with Gasteiger partial charge in [0.2, 0.25) is 0 Å². The van der Waals surface area contributed by atoms with Gasteiger partial charge in [-0.25, -0.2) is 9.38 Å². The molecule has 0 radical (unpaired) electrons. The Morgan fingerprint density at radius 1 is 1.20 bits per heavy atom. The third-order valence-electron chi connectivity index (χ3n) is 4.10. The fourth-order valence-electron chi connectivity index (χ4n) is 2.76. The van der Waals surface area contributed by atoms with Crippen LogP contribution in [0.4, 0.5) is 4.39 Å². The van der Waals surface area contributed by atoms with Crippen LogP contribution in [0.2, 0.25) is 0 Å². The lowest BCUT2D eigenvalue weighted by Gasteiger charge is -2.35. The number of benzene rings is 1. The summed E-state index contributed by atoms with van der Waals surface area (Å²) in [6.07, 6.45) is 2.05. The molecule has 20 heavy (non-hydrogen) atoms. The van der Waals surface area contributed by atoms with E-state index in [4.69, 9.17) is 5.73 Å². The monoisotopic (exact) mass is 293 g/mol. The molecular weight excluding hydrogens is 273 g/mol. The van der Waals surface area contributed by atoms with E-state index in [0.717, 1.165) is 37.4 Å². The van der Waals surface area contributed by atoms with Crippen LogP contribution in [0, 0.1) is 5.82 Å². The molecule has 3 nitrogen and oxygen atoms in total. The van der Waals surface area contributed by atoms with E-state index >= 15 is 0 Å². The molecule has 1 aliphatic heterocycles. The molecular formula is C15H20FN3S. The summed E-state index contributed by atoms with van der Waals surface area (Å²) in [6.45, 7) is 2.02. The Morgan fingerprint density at radius 2 is 1.85 bits per heavy atom. The Hall–Kier alpha value is -1.23. The Kier molecular flexibility index (Phi) is 4.15. The minimum atomic E-state index is -0.171. The molecule has 5 heteroatoms. The minimum absolute atomic E-state index is 0.171. The highest BCUT2D eigenvalue weighted by molar-refractivity contribution is 7.99. The van der Waals surface area contributed by atoms with Gasteiger partial charge in [0.1, 0.15) is 5.82 Å². The van der Waals surface area contributed by atoms with Crippen LogP contribution in [0.3, 0.4) is 0 Å². The predicted molar refractivity (Wildman–Crippen MR) is 82.7 cm³/mol. The van der Waals surface area contributed by atoms with Gasteiger partial charge >= 0.3 is 0 Å². The van der Waals surface area contributed by atoms with Crippen molar-refractivity contribution >= 4 is 17.7 Å². The molecule has 1 aliphatic carbocycles. The number of aliphatic imine (C=N–C) groups is 1. The summed E-state index contributed by atoms with van der Waals surface area (Å²) in [7, 11) is 0.